The summed E-state index contributed by atoms with van der Waals surface area (Å²) in [6.07, 6.45) is 5.24. The van der Waals surface area contributed by atoms with E-state index >= 15 is 0 Å². The first-order chi connectivity index (χ1) is 5.58. The van der Waals surface area contributed by atoms with E-state index in [9.17, 15) is 0 Å². The molecule has 2 unspecified atom stereocenters. The fourth-order valence-electron chi connectivity index (χ4n) is 1.04. The van der Waals surface area contributed by atoms with E-state index in [1.807, 2.05) is 13.8 Å². The molecule has 3 nitrogen and oxygen atoms in total. The van der Waals surface area contributed by atoms with Gasteiger partial charge in [-0.3, -0.25) is 5.32 Å². The van der Waals surface area contributed by atoms with Gasteiger partial charge >= 0.3 is 0 Å². The number of terminal acetylenes is 1. The van der Waals surface area contributed by atoms with E-state index in [4.69, 9.17) is 16.9 Å². The molecule has 2 atom stereocenters. The topological polar surface area (TPSA) is 47.3 Å². The maximum absolute atomic E-state index is 5.58. The van der Waals surface area contributed by atoms with Gasteiger partial charge in [-0.2, -0.15) is 0 Å². The largest absolute Gasteiger partial charge is 0.383 e. The van der Waals surface area contributed by atoms with Gasteiger partial charge in [0.2, 0.25) is 0 Å². The average molecular weight is 170 g/mol. The molecule has 3 N–H and O–H groups in total. The van der Waals surface area contributed by atoms with E-state index in [1.165, 1.54) is 0 Å². The molecular formula is C9H18N2O. The zero-order valence-corrected chi connectivity index (χ0v) is 8.05. The van der Waals surface area contributed by atoms with E-state index in [2.05, 4.69) is 11.2 Å². The third-order valence-electron chi connectivity index (χ3n) is 1.73. The lowest BCUT2D eigenvalue weighted by atomic mass is 10.0. The lowest BCUT2D eigenvalue weighted by Crippen LogP contribution is -2.54. The molecule has 0 spiro atoms. The van der Waals surface area contributed by atoms with Crippen LogP contribution in [0.1, 0.15) is 13.8 Å². The second kappa shape index (κ2) is 5.15. The number of nitrogens with two attached hydrogens (primary N) is 1. The van der Waals surface area contributed by atoms with E-state index in [1.54, 1.807) is 7.11 Å². The summed E-state index contributed by atoms with van der Waals surface area (Å²) in [5, 5.41) is 3.21. The van der Waals surface area contributed by atoms with Crippen LogP contribution in [-0.2, 0) is 4.74 Å². The van der Waals surface area contributed by atoms with E-state index in [0.29, 0.717) is 13.2 Å². The van der Waals surface area contributed by atoms with Crippen molar-refractivity contribution in [3.63, 3.8) is 0 Å². The Kier molecular flexibility index (Phi) is 4.91. The van der Waals surface area contributed by atoms with Crippen molar-refractivity contribution in [2.75, 3.05) is 20.3 Å². The van der Waals surface area contributed by atoms with Gasteiger partial charge in [-0.1, -0.05) is 5.92 Å². The van der Waals surface area contributed by atoms with Crippen LogP contribution < -0.4 is 11.1 Å². The molecule has 0 amide bonds. The Hall–Kier alpha value is -0.560. The van der Waals surface area contributed by atoms with Crippen molar-refractivity contribution < 1.29 is 4.74 Å². The first kappa shape index (κ1) is 11.4. The summed E-state index contributed by atoms with van der Waals surface area (Å²) in [6, 6.07) is 0.0219. The Balaban J connectivity index is 4.05. The van der Waals surface area contributed by atoms with E-state index in [0.717, 1.165) is 0 Å². The van der Waals surface area contributed by atoms with Crippen LogP contribution in [0.2, 0.25) is 0 Å². The number of rotatable bonds is 5. The van der Waals surface area contributed by atoms with Gasteiger partial charge in [-0.15, -0.1) is 6.42 Å². The van der Waals surface area contributed by atoms with E-state index in [-0.39, 0.29) is 11.6 Å². The predicted molar refractivity (Wildman–Crippen MR) is 50.8 cm³/mol. The highest BCUT2D eigenvalue weighted by molar-refractivity contribution is 5.00. The SMILES string of the molecule is C#CC(C)NC(C)(CN)COC. The van der Waals surface area contributed by atoms with Crippen LogP contribution in [0.4, 0.5) is 0 Å². The molecule has 3 heteroatoms. The quantitative estimate of drug-likeness (QED) is 0.569. The maximum atomic E-state index is 5.58. The molecule has 0 aliphatic carbocycles. The van der Waals surface area contributed by atoms with Crippen molar-refractivity contribution in [2.45, 2.75) is 25.4 Å². The Bertz CT molecular complexity index is 164. The Morgan fingerprint density at radius 2 is 2.33 bits per heavy atom. The van der Waals surface area contributed by atoms with Crippen molar-refractivity contribution in [1.29, 1.82) is 0 Å². The minimum Gasteiger partial charge on any atom is -0.383 e. The van der Waals surface area contributed by atoms with Crippen molar-refractivity contribution in [3.05, 3.63) is 0 Å². The molecule has 0 saturated carbocycles. The van der Waals surface area contributed by atoms with Crippen LogP contribution in [-0.4, -0.2) is 31.8 Å². The molecule has 0 radical (unpaired) electrons. The molecule has 0 bridgehead atoms. The Labute approximate surface area is 74.7 Å². The highest BCUT2D eigenvalue weighted by Crippen LogP contribution is 2.02. The monoisotopic (exact) mass is 170 g/mol. The molecule has 70 valence electrons. The normalized spacial score (nSPS) is 17.9. The van der Waals surface area contributed by atoms with Crippen LogP contribution in [0.3, 0.4) is 0 Å². The second-order valence-electron chi connectivity index (χ2n) is 3.23. The van der Waals surface area contributed by atoms with Crippen LogP contribution in [0.5, 0.6) is 0 Å². The smallest absolute Gasteiger partial charge is 0.0663 e. The molecule has 0 rings (SSSR count). The molecule has 0 saturated heterocycles. The summed E-state index contributed by atoms with van der Waals surface area (Å²) in [4.78, 5) is 0. The zero-order chi connectivity index (χ0) is 9.61. The summed E-state index contributed by atoms with van der Waals surface area (Å²) in [5.41, 5.74) is 5.36. The highest BCUT2D eigenvalue weighted by Gasteiger charge is 2.23. The summed E-state index contributed by atoms with van der Waals surface area (Å²) in [7, 11) is 1.65. The summed E-state index contributed by atoms with van der Waals surface area (Å²) >= 11 is 0. The number of methoxy groups -OCH3 is 1. The molecule has 0 aliphatic heterocycles. The third-order valence-corrected chi connectivity index (χ3v) is 1.73. The molecule has 0 aromatic heterocycles. The first-order valence-corrected chi connectivity index (χ1v) is 4.01. The third kappa shape index (κ3) is 3.72. The Morgan fingerprint density at radius 3 is 2.67 bits per heavy atom. The van der Waals surface area contributed by atoms with Gasteiger partial charge < -0.3 is 10.5 Å². The van der Waals surface area contributed by atoms with Gasteiger partial charge in [0.1, 0.15) is 0 Å². The molecule has 12 heavy (non-hydrogen) atoms. The minimum absolute atomic E-state index is 0.0219. The fourth-order valence-corrected chi connectivity index (χ4v) is 1.04. The summed E-state index contributed by atoms with van der Waals surface area (Å²) in [5.74, 6) is 2.59. The highest BCUT2D eigenvalue weighted by atomic mass is 16.5. The van der Waals surface area contributed by atoms with Crippen molar-refractivity contribution in [1.82, 2.24) is 5.32 Å². The Morgan fingerprint density at radius 1 is 1.75 bits per heavy atom. The summed E-state index contributed by atoms with van der Waals surface area (Å²) in [6.45, 7) is 4.98. The van der Waals surface area contributed by atoms with Crippen molar-refractivity contribution in [3.8, 4) is 12.3 Å². The van der Waals surface area contributed by atoms with Gasteiger partial charge in [0.25, 0.3) is 0 Å². The molecule has 0 aromatic rings. The van der Waals surface area contributed by atoms with Crippen LogP contribution in [0.15, 0.2) is 0 Å². The number of nitrogens with one attached hydrogen (secondary N) is 1. The van der Waals surface area contributed by atoms with Crippen LogP contribution in [0, 0.1) is 12.3 Å². The lowest BCUT2D eigenvalue weighted by Gasteiger charge is -2.30. The summed E-state index contributed by atoms with van der Waals surface area (Å²) < 4.78 is 5.03. The van der Waals surface area contributed by atoms with Crippen LogP contribution >= 0.6 is 0 Å². The van der Waals surface area contributed by atoms with Gasteiger partial charge in [0, 0.05) is 13.7 Å². The van der Waals surface area contributed by atoms with E-state index < -0.39 is 0 Å². The number of ether oxygens (including phenoxy) is 1. The second-order valence-corrected chi connectivity index (χ2v) is 3.23. The number of hydrogen-bond donors (Lipinski definition) is 2. The molecule has 0 aliphatic rings. The fraction of sp³-hybridized carbons (Fsp3) is 0.778. The lowest BCUT2D eigenvalue weighted by molar-refractivity contribution is 0.120. The zero-order valence-electron chi connectivity index (χ0n) is 8.05. The maximum Gasteiger partial charge on any atom is 0.0663 e. The average Bonchev–Trinajstić information content (AvgIpc) is 2.05. The first-order valence-electron chi connectivity index (χ1n) is 4.01. The molecule has 0 aromatic carbocycles. The van der Waals surface area contributed by atoms with Crippen LogP contribution in [0.25, 0.3) is 0 Å². The molecular weight excluding hydrogens is 152 g/mol. The number of hydrogen-bond acceptors (Lipinski definition) is 3. The van der Waals surface area contributed by atoms with Gasteiger partial charge in [-0.25, -0.2) is 0 Å². The predicted octanol–water partition coefficient (Wildman–Crippen LogP) is -0.0385. The van der Waals surface area contributed by atoms with Gasteiger partial charge in [-0.05, 0) is 13.8 Å². The van der Waals surface area contributed by atoms with Crippen molar-refractivity contribution >= 4 is 0 Å². The standard InChI is InChI=1S/C9H18N2O/c1-5-8(2)11-9(3,6-10)7-12-4/h1,8,11H,6-7,10H2,2-4H3. The molecule has 0 fully saturated rings. The van der Waals surface area contributed by atoms with Gasteiger partial charge in [0.15, 0.2) is 0 Å². The molecule has 0 heterocycles. The van der Waals surface area contributed by atoms with Crippen molar-refractivity contribution in [2.24, 2.45) is 5.73 Å². The van der Waals surface area contributed by atoms with Gasteiger partial charge in [0.05, 0.1) is 18.2 Å². The minimum atomic E-state index is -0.222.